The average molecular weight is 408 g/mol. The summed E-state index contributed by atoms with van der Waals surface area (Å²) in [7, 11) is 2.95. The van der Waals surface area contributed by atoms with E-state index in [9.17, 15) is 14.7 Å². The van der Waals surface area contributed by atoms with Gasteiger partial charge in [-0.3, -0.25) is 14.6 Å². The summed E-state index contributed by atoms with van der Waals surface area (Å²) >= 11 is 0. The van der Waals surface area contributed by atoms with Crippen LogP contribution in [0.1, 0.15) is 42.9 Å². The third-order valence-electron chi connectivity index (χ3n) is 5.86. The molecule has 2 aromatic rings. The molecule has 30 heavy (non-hydrogen) atoms. The molecule has 0 radical (unpaired) electrons. The van der Waals surface area contributed by atoms with E-state index in [1.54, 1.807) is 41.6 Å². The molecule has 2 fully saturated rings. The van der Waals surface area contributed by atoms with E-state index >= 15 is 0 Å². The first-order chi connectivity index (χ1) is 14.6. The number of ketones is 1. The predicted molar refractivity (Wildman–Crippen MR) is 110 cm³/mol. The summed E-state index contributed by atoms with van der Waals surface area (Å²) < 4.78 is 10.8. The van der Waals surface area contributed by atoms with Crippen LogP contribution in [0.25, 0.3) is 5.76 Å². The largest absolute Gasteiger partial charge is 0.506 e. The normalized spacial score (nSPS) is 21.3. The number of aliphatic hydroxyl groups excluding tert-OH is 1. The van der Waals surface area contributed by atoms with Gasteiger partial charge >= 0.3 is 0 Å². The predicted octanol–water partition coefficient (Wildman–Crippen LogP) is 3.46. The second-order valence-electron chi connectivity index (χ2n) is 7.47. The van der Waals surface area contributed by atoms with E-state index in [1.165, 1.54) is 14.2 Å². The highest BCUT2D eigenvalue weighted by atomic mass is 16.5. The van der Waals surface area contributed by atoms with Crippen LogP contribution in [0.4, 0.5) is 0 Å². The fraction of sp³-hybridized carbons (Fsp3) is 0.348. The molecule has 1 amide bonds. The van der Waals surface area contributed by atoms with E-state index in [0.29, 0.717) is 17.1 Å². The molecule has 1 saturated heterocycles. The number of methoxy groups -OCH3 is 2. The summed E-state index contributed by atoms with van der Waals surface area (Å²) in [5.74, 6) is -0.905. The molecule has 7 heteroatoms. The number of carbonyl (C=O) groups is 2. The van der Waals surface area contributed by atoms with Crippen molar-refractivity contribution in [1.29, 1.82) is 0 Å². The topological polar surface area (TPSA) is 89.0 Å². The molecule has 1 atom stereocenters. The Morgan fingerprint density at radius 2 is 1.73 bits per heavy atom. The van der Waals surface area contributed by atoms with Gasteiger partial charge < -0.3 is 19.5 Å². The molecule has 1 aromatic carbocycles. The SMILES string of the molecule is COc1cccc(OC)c1/C(O)=C1\C(=O)C(=O)N(C2CCCC2)C1c1cccnc1. The highest BCUT2D eigenvalue weighted by Crippen LogP contribution is 2.45. The average Bonchev–Trinajstić information content (AvgIpc) is 3.40. The fourth-order valence-corrected chi connectivity index (χ4v) is 4.49. The number of rotatable bonds is 5. The Kier molecular flexibility index (Phi) is 5.44. The van der Waals surface area contributed by atoms with Crippen LogP contribution in [0, 0.1) is 0 Å². The number of Topliss-reactive ketones (excluding diaryl/α,β-unsaturated/α-hetero) is 1. The molecular weight excluding hydrogens is 384 g/mol. The Hall–Kier alpha value is -3.35. The number of hydrogen-bond donors (Lipinski definition) is 1. The lowest BCUT2D eigenvalue weighted by atomic mass is 9.95. The Morgan fingerprint density at radius 1 is 1.07 bits per heavy atom. The molecule has 1 saturated carbocycles. The third-order valence-corrected chi connectivity index (χ3v) is 5.86. The molecule has 156 valence electrons. The van der Waals surface area contributed by atoms with Gasteiger partial charge in [0.25, 0.3) is 11.7 Å². The van der Waals surface area contributed by atoms with Gasteiger partial charge in [0.1, 0.15) is 22.8 Å². The highest BCUT2D eigenvalue weighted by molar-refractivity contribution is 6.46. The van der Waals surface area contributed by atoms with E-state index in [2.05, 4.69) is 4.98 Å². The number of ether oxygens (including phenoxy) is 2. The second kappa shape index (κ2) is 8.18. The minimum Gasteiger partial charge on any atom is -0.506 e. The number of amides is 1. The Balaban J connectivity index is 1.95. The van der Waals surface area contributed by atoms with E-state index in [4.69, 9.17) is 9.47 Å². The maximum Gasteiger partial charge on any atom is 0.295 e. The molecule has 1 N–H and O–H groups in total. The Labute approximate surface area is 174 Å². The van der Waals surface area contributed by atoms with Gasteiger partial charge in [-0.15, -0.1) is 0 Å². The summed E-state index contributed by atoms with van der Waals surface area (Å²) in [6, 6.07) is 7.89. The van der Waals surface area contributed by atoms with Crippen molar-refractivity contribution in [3.63, 3.8) is 0 Å². The van der Waals surface area contributed by atoms with Gasteiger partial charge in [-0.05, 0) is 36.6 Å². The summed E-state index contributed by atoms with van der Waals surface area (Å²) in [6.45, 7) is 0. The molecule has 1 aliphatic carbocycles. The van der Waals surface area contributed by atoms with Gasteiger partial charge in [-0.25, -0.2) is 0 Å². The lowest BCUT2D eigenvalue weighted by Gasteiger charge is -2.30. The van der Waals surface area contributed by atoms with E-state index in [-0.39, 0.29) is 22.9 Å². The first-order valence-corrected chi connectivity index (χ1v) is 9.99. The number of benzene rings is 1. The number of aliphatic hydroxyl groups is 1. The van der Waals surface area contributed by atoms with Gasteiger partial charge in [-0.1, -0.05) is 25.0 Å². The quantitative estimate of drug-likeness (QED) is 0.463. The van der Waals surface area contributed by atoms with Crippen LogP contribution < -0.4 is 9.47 Å². The van der Waals surface area contributed by atoms with Crippen molar-refractivity contribution in [2.45, 2.75) is 37.8 Å². The molecule has 4 rings (SSSR count). The Bertz CT molecular complexity index is 974. The molecule has 1 aromatic heterocycles. The van der Waals surface area contributed by atoms with Crippen LogP contribution in [0.2, 0.25) is 0 Å². The maximum absolute atomic E-state index is 13.2. The van der Waals surface area contributed by atoms with E-state index in [0.717, 1.165) is 25.7 Å². The summed E-state index contributed by atoms with van der Waals surface area (Å²) in [5, 5.41) is 11.3. The number of likely N-dealkylation sites (tertiary alicyclic amines) is 1. The van der Waals surface area contributed by atoms with Crippen molar-refractivity contribution in [3.8, 4) is 11.5 Å². The third kappa shape index (κ3) is 3.20. The van der Waals surface area contributed by atoms with Crippen LogP contribution in [-0.4, -0.2) is 46.9 Å². The Morgan fingerprint density at radius 3 is 2.30 bits per heavy atom. The molecule has 0 bridgehead atoms. The molecule has 2 heterocycles. The van der Waals surface area contributed by atoms with Gasteiger partial charge in [0.05, 0.1) is 25.8 Å². The van der Waals surface area contributed by atoms with Crippen molar-refractivity contribution < 1.29 is 24.2 Å². The number of pyridine rings is 1. The van der Waals surface area contributed by atoms with Crippen LogP contribution in [0.5, 0.6) is 11.5 Å². The number of carbonyl (C=O) groups excluding carboxylic acids is 2. The minimum absolute atomic E-state index is 0.0303. The lowest BCUT2D eigenvalue weighted by Crippen LogP contribution is -2.37. The zero-order valence-electron chi connectivity index (χ0n) is 17.0. The maximum atomic E-state index is 13.2. The van der Waals surface area contributed by atoms with Gasteiger partial charge in [-0.2, -0.15) is 0 Å². The van der Waals surface area contributed by atoms with Gasteiger partial charge in [0, 0.05) is 18.4 Å². The van der Waals surface area contributed by atoms with Crippen molar-refractivity contribution in [3.05, 3.63) is 59.4 Å². The second-order valence-corrected chi connectivity index (χ2v) is 7.47. The summed E-state index contributed by atoms with van der Waals surface area (Å²) in [4.78, 5) is 32.0. The van der Waals surface area contributed by atoms with Crippen LogP contribution in [0.3, 0.4) is 0 Å². The monoisotopic (exact) mass is 408 g/mol. The van der Waals surface area contributed by atoms with Crippen LogP contribution >= 0.6 is 0 Å². The zero-order chi connectivity index (χ0) is 21.3. The first-order valence-electron chi connectivity index (χ1n) is 9.99. The van der Waals surface area contributed by atoms with Crippen LogP contribution in [-0.2, 0) is 9.59 Å². The smallest absolute Gasteiger partial charge is 0.295 e. The molecular formula is C23H24N2O5. The van der Waals surface area contributed by atoms with Crippen molar-refractivity contribution in [2.24, 2.45) is 0 Å². The molecule has 7 nitrogen and oxygen atoms in total. The summed E-state index contributed by atoms with van der Waals surface area (Å²) in [6.07, 6.45) is 6.95. The van der Waals surface area contributed by atoms with Crippen LogP contribution in [0.15, 0.2) is 48.3 Å². The summed E-state index contributed by atoms with van der Waals surface area (Å²) in [5.41, 5.74) is 0.961. The van der Waals surface area contributed by atoms with Gasteiger partial charge in [0.2, 0.25) is 0 Å². The fourth-order valence-electron chi connectivity index (χ4n) is 4.49. The highest BCUT2D eigenvalue weighted by Gasteiger charge is 2.49. The lowest BCUT2D eigenvalue weighted by molar-refractivity contribution is -0.141. The number of nitrogens with zero attached hydrogens (tertiary/aromatic N) is 2. The number of hydrogen-bond acceptors (Lipinski definition) is 6. The first kappa shape index (κ1) is 19.9. The van der Waals surface area contributed by atoms with Crippen molar-refractivity contribution >= 4 is 17.4 Å². The molecule has 1 aliphatic heterocycles. The number of aromatic nitrogens is 1. The van der Waals surface area contributed by atoms with Gasteiger partial charge in [0.15, 0.2) is 0 Å². The van der Waals surface area contributed by atoms with Crippen molar-refractivity contribution in [2.75, 3.05) is 14.2 Å². The van der Waals surface area contributed by atoms with E-state index in [1.807, 2.05) is 6.07 Å². The molecule has 0 spiro atoms. The standard InChI is InChI=1S/C23H24N2O5/c1-29-16-10-5-11-17(30-2)18(16)21(26)19-20(14-7-6-12-24-13-14)25(23(28)22(19)27)15-8-3-4-9-15/h5-7,10-13,15,20,26H,3-4,8-9H2,1-2H3/b21-19+. The zero-order valence-corrected chi connectivity index (χ0v) is 17.0. The van der Waals surface area contributed by atoms with E-state index < -0.39 is 17.7 Å². The molecule has 2 aliphatic rings. The van der Waals surface area contributed by atoms with Crippen molar-refractivity contribution in [1.82, 2.24) is 9.88 Å². The minimum atomic E-state index is -0.712. The molecule has 1 unspecified atom stereocenters.